The van der Waals surface area contributed by atoms with Crippen molar-refractivity contribution in [3.8, 4) is 0 Å². The third-order valence-electron chi connectivity index (χ3n) is 5.37. The number of amides is 1. The third-order valence-corrected chi connectivity index (χ3v) is 7.28. The smallest absolute Gasteiger partial charge is 0.243 e. The molecule has 1 aromatic carbocycles. The van der Waals surface area contributed by atoms with Gasteiger partial charge in [-0.25, -0.2) is 8.42 Å². The Morgan fingerprint density at radius 1 is 1.00 bits per heavy atom. The van der Waals surface area contributed by atoms with Crippen molar-refractivity contribution in [2.75, 3.05) is 52.5 Å². The van der Waals surface area contributed by atoms with E-state index in [-0.39, 0.29) is 5.91 Å². The SMILES string of the molecule is O=C(CCc1ccc(S(=O)(=O)N2CCCCC2)cc1)NCCN1CCOCC1. The number of piperidine rings is 1. The zero-order valence-electron chi connectivity index (χ0n) is 16.4. The molecule has 0 aromatic heterocycles. The van der Waals surface area contributed by atoms with Gasteiger partial charge in [-0.15, -0.1) is 0 Å². The van der Waals surface area contributed by atoms with E-state index in [2.05, 4.69) is 10.2 Å². The van der Waals surface area contributed by atoms with Gasteiger partial charge in [0.25, 0.3) is 0 Å². The van der Waals surface area contributed by atoms with E-state index >= 15 is 0 Å². The molecule has 0 radical (unpaired) electrons. The van der Waals surface area contributed by atoms with Crippen LogP contribution in [0.4, 0.5) is 0 Å². The van der Waals surface area contributed by atoms with Gasteiger partial charge in [-0.2, -0.15) is 4.31 Å². The van der Waals surface area contributed by atoms with Crippen molar-refractivity contribution in [2.45, 2.75) is 37.0 Å². The van der Waals surface area contributed by atoms with Crippen molar-refractivity contribution in [1.82, 2.24) is 14.5 Å². The molecular weight excluding hydrogens is 378 g/mol. The van der Waals surface area contributed by atoms with Crippen LogP contribution in [-0.2, 0) is 26.0 Å². The van der Waals surface area contributed by atoms with Gasteiger partial charge in [0.05, 0.1) is 18.1 Å². The third kappa shape index (κ3) is 6.01. The highest BCUT2D eigenvalue weighted by Gasteiger charge is 2.25. The maximum atomic E-state index is 12.7. The standard InChI is InChI=1S/C20H31N3O4S/c24-20(21-10-13-22-14-16-27-17-15-22)9-6-18-4-7-19(8-5-18)28(25,26)23-11-2-1-3-12-23/h4-5,7-8H,1-3,6,9-17H2,(H,21,24). The average molecular weight is 410 g/mol. The summed E-state index contributed by atoms with van der Waals surface area (Å²) in [5.74, 6) is 0.0262. The molecule has 0 aliphatic carbocycles. The topological polar surface area (TPSA) is 79.0 Å². The minimum atomic E-state index is -3.39. The van der Waals surface area contributed by atoms with E-state index in [1.807, 2.05) is 12.1 Å². The molecule has 0 spiro atoms. The van der Waals surface area contributed by atoms with Crippen molar-refractivity contribution in [3.63, 3.8) is 0 Å². The quantitative estimate of drug-likeness (QED) is 0.699. The zero-order valence-corrected chi connectivity index (χ0v) is 17.3. The molecule has 2 aliphatic heterocycles. The van der Waals surface area contributed by atoms with Gasteiger partial charge < -0.3 is 10.1 Å². The number of sulfonamides is 1. The maximum absolute atomic E-state index is 12.7. The van der Waals surface area contributed by atoms with E-state index in [1.165, 1.54) is 0 Å². The van der Waals surface area contributed by atoms with E-state index in [0.29, 0.717) is 37.4 Å². The van der Waals surface area contributed by atoms with Crippen LogP contribution in [0.3, 0.4) is 0 Å². The molecule has 1 amide bonds. The molecule has 2 saturated heterocycles. The van der Waals surface area contributed by atoms with Crippen molar-refractivity contribution < 1.29 is 17.9 Å². The number of nitrogens with zero attached hydrogens (tertiary/aromatic N) is 2. The molecule has 28 heavy (non-hydrogen) atoms. The molecule has 0 unspecified atom stereocenters. The molecule has 2 aliphatic rings. The second-order valence-corrected chi connectivity index (χ2v) is 9.35. The Bertz CT molecular complexity index is 724. The lowest BCUT2D eigenvalue weighted by molar-refractivity contribution is -0.121. The van der Waals surface area contributed by atoms with Gasteiger partial charge in [0.15, 0.2) is 0 Å². The number of hydrogen-bond acceptors (Lipinski definition) is 5. The summed E-state index contributed by atoms with van der Waals surface area (Å²) < 4.78 is 32.2. The van der Waals surface area contributed by atoms with Gasteiger partial charge in [-0.05, 0) is 37.0 Å². The fraction of sp³-hybridized carbons (Fsp3) is 0.650. The second-order valence-electron chi connectivity index (χ2n) is 7.41. The maximum Gasteiger partial charge on any atom is 0.243 e. The summed E-state index contributed by atoms with van der Waals surface area (Å²) in [5.41, 5.74) is 0.973. The first-order valence-electron chi connectivity index (χ1n) is 10.2. The van der Waals surface area contributed by atoms with Gasteiger partial charge in [-0.1, -0.05) is 18.6 Å². The largest absolute Gasteiger partial charge is 0.379 e. The number of benzene rings is 1. The van der Waals surface area contributed by atoms with Crippen LogP contribution < -0.4 is 5.32 Å². The van der Waals surface area contributed by atoms with Crippen LogP contribution in [-0.4, -0.2) is 76.0 Å². The minimum Gasteiger partial charge on any atom is -0.379 e. The molecule has 0 atom stereocenters. The number of nitrogens with one attached hydrogen (secondary N) is 1. The van der Waals surface area contributed by atoms with Crippen molar-refractivity contribution in [2.24, 2.45) is 0 Å². The normalized spacial score (nSPS) is 19.4. The summed E-state index contributed by atoms with van der Waals surface area (Å²) >= 11 is 0. The number of carbonyl (C=O) groups excluding carboxylic acids is 1. The van der Waals surface area contributed by atoms with Crippen LogP contribution in [0.15, 0.2) is 29.2 Å². The van der Waals surface area contributed by atoms with Crippen molar-refractivity contribution >= 4 is 15.9 Å². The van der Waals surface area contributed by atoms with E-state index in [0.717, 1.165) is 57.7 Å². The molecule has 7 nitrogen and oxygen atoms in total. The fourth-order valence-electron chi connectivity index (χ4n) is 3.61. The predicted octanol–water partition coefficient (Wildman–Crippen LogP) is 1.24. The van der Waals surface area contributed by atoms with Crippen molar-refractivity contribution in [1.29, 1.82) is 0 Å². The lowest BCUT2D eigenvalue weighted by atomic mass is 10.1. The van der Waals surface area contributed by atoms with Gasteiger partial charge in [-0.3, -0.25) is 9.69 Å². The van der Waals surface area contributed by atoms with Gasteiger partial charge in [0, 0.05) is 45.7 Å². The first-order valence-corrected chi connectivity index (χ1v) is 11.7. The number of morpholine rings is 1. The fourth-order valence-corrected chi connectivity index (χ4v) is 5.12. The summed E-state index contributed by atoms with van der Waals surface area (Å²) in [7, 11) is -3.39. The minimum absolute atomic E-state index is 0.0262. The number of carbonyl (C=O) groups is 1. The molecular formula is C20H31N3O4S. The number of rotatable bonds is 8. The van der Waals surface area contributed by atoms with Crippen LogP contribution in [0.1, 0.15) is 31.2 Å². The summed E-state index contributed by atoms with van der Waals surface area (Å²) in [4.78, 5) is 14.7. The Morgan fingerprint density at radius 3 is 2.36 bits per heavy atom. The Morgan fingerprint density at radius 2 is 1.68 bits per heavy atom. The van der Waals surface area contributed by atoms with Crippen LogP contribution in [0.2, 0.25) is 0 Å². The molecule has 1 aromatic rings. The highest BCUT2D eigenvalue weighted by atomic mass is 32.2. The van der Waals surface area contributed by atoms with Crippen LogP contribution in [0, 0.1) is 0 Å². The molecule has 0 bridgehead atoms. The highest BCUT2D eigenvalue weighted by Crippen LogP contribution is 2.21. The molecule has 0 saturated carbocycles. The summed E-state index contributed by atoms with van der Waals surface area (Å²) in [5, 5.41) is 2.95. The van der Waals surface area contributed by atoms with Crippen LogP contribution in [0.25, 0.3) is 0 Å². The van der Waals surface area contributed by atoms with E-state index in [4.69, 9.17) is 4.74 Å². The number of hydrogen-bond donors (Lipinski definition) is 1. The van der Waals surface area contributed by atoms with Crippen LogP contribution >= 0.6 is 0 Å². The van der Waals surface area contributed by atoms with Gasteiger partial charge in [0.2, 0.25) is 15.9 Å². The zero-order chi connectivity index (χ0) is 19.8. The van der Waals surface area contributed by atoms with Crippen molar-refractivity contribution in [3.05, 3.63) is 29.8 Å². The molecule has 2 fully saturated rings. The molecule has 2 heterocycles. The van der Waals surface area contributed by atoms with E-state index in [9.17, 15) is 13.2 Å². The molecule has 3 rings (SSSR count). The van der Waals surface area contributed by atoms with E-state index < -0.39 is 10.0 Å². The molecule has 1 N–H and O–H groups in total. The average Bonchev–Trinajstić information content (AvgIpc) is 2.74. The first kappa shape index (κ1) is 21.2. The molecule has 156 valence electrons. The van der Waals surface area contributed by atoms with Gasteiger partial charge in [0.1, 0.15) is 0 Å². The lowest BCUT2D eigenvalue weighted by Gasteiger charge is -2.26. The second kappa shape index (κ2) is 10.3. The number of aryl methyl sites for hydroxylation is 1. The summed E-state index contributed by atoms with van der Waals surface area (Å²) in [6, 6.07) is 6.96. The Hall–Kier alpha value is -1.48. The summed E-state index contributed by atoms with van der Waals surface area (Å²) in [6.07, 6.45) is 3.96. The lowest BCUT2D eigenvalue weighted by Crippen LogP contribution is -2.41. The predicted molar refractivity (Wildman–Crippen MR) is 108 cm³/mol. The monoisotopic (exact) mass is 409 g/mol. The highest BCUT2D eigenvalue weighted by molar-refractivity contribution is 7.89. The first-order chi connectivity index (χ1) is 13.6. The summed E-state index contributed by atoms with van der Waals surface area (Å²) in [6.45, 7) is 6.06. The number of ether oxygens (including phenoxy) is 1. The van der Waals surface area contributed by atoms with E-state index in [1.54, 1.807) is 16.4 Å². The Kier molecular flexibility index (Phi) is 7.84. The molecule has 8 heteroatoms. The Labute approximate surface area is 168 Å². The van der Waals surface area contributed by atoms with Crippen LogP contribution in [0.5, 0.6) is 0 Å². The Balaban J connectivity index is 1.41. The van der Waals surface area contributed by atoms with Gasteiger partial charge >= 0.3 is 0 Å².